The molecule has 1 aliphatic heterocycles. The molecule has 0 unspecified atom stereocenters. The van der Waals surface area contributed by atoms with Crippen LogP contribution in [0.1, 0.15) is 10.6 Å². The standard InChI is InChI=1S/C15H16ClN3O5S/c16-11-9-10(1-2-12(11)17)18-15(20)13-3-4-14(24-13)25(21,22)19-5-7-23-8-6-19/h1-4,9H,5-8,17H2,(H,18,20). The number of ether oxygens (including phenoxy) is 1. The average molecular weight is 386 g/mol. The second-order valence-corrected chi connectivity index (χ2v) is 7.60. The maximum atomic E-state index is 12.5. The number of morpholine rings is 1. The van der Waals surface area contributed by atoms with E-state index in [1.165, 1.54) is 22.5 Å². The molecule has 0 radical (unpaired) electrons. The number of sulfonamides is 1. The highest BCUT2D eigenvalue weighted by atomic mass is 35.5. The number of nitrogens with zero attached hydrogens (tertiary/aromatic N) is 1. The molecule has 1 fully saturated rings. The lowest BCUT2D eigenvalue weighted by atomic mass is 10.3. The third-order valence-corrected chi connectivity index (χ3v) is 5.73. The van der Waals surface area contributed by atoms with Gasteiger partial charge in [0.1, 0.15) is 0 Å². The Bertz CT molecular complexity index is 890. The van der Waals surface area contributed by atoms with Gasteiger partial charge in [-0.15, -0.1) is 0 Å². The normalized spacial score (nSPS) is 15.9. The molecule has 0 saturated carbocycles. The minimum atomic E-state index is -3.79. The van der Waals surface area contributed by atoms with E-state index in [9.17, 15) is 13.2 Å². The van der Waals surface area contributed by atoms with Crippen molar-refractivity contribution in [2.45, 2.75) is 5.09 Å². The molecule has 8 nitrogen and oxygen atoms in total. The van der Waals surface area contributed by atoms with Crippen LogP contribution in [0.15, 0.2) is 39.8 Å². The monoisotopic (exact) mass is 385 g/mol. The van der Waals surface area contributed by atoms with E-state index in [0.29, 0.717) is 29.6 Å². The van der Waals surface area contributed by atoms with Gasteiger partial charge >= 0.3 is 0 Å². The fraction of sp³-hybridized carbons (Fsp3) is 0.267. The van der Waals surface area contributed by atoms with Crippen LogP contribution in [-0.4, -0.2) is 44.9 Å². The van der Waals surface area contributed by atoms with Crippen molar-refractivity contribution >= 4 is 38.9 Å². The average Bonchev–Trinajstić information content (AvgIpc) is 3.10. The SMILES string of the molecule is Nc1ccc(NC(=O)c2ccc(S(=O)(=O)N3CCOCC3)o2)cc1Cl. The Morgan fingerprint density at radius 2 is 1.92 bits per heavy atom. The summed E-state index contributed by atoms with van der Waals surface area (Å²) in [4.78, 5) is 12.2. The number of nitrogens with one attached hydrogen (secondary N) is 1. The van der Waals surface area contributed by atoms with Gasteiger partial charge in [-0.3, -0.25) is 4.79 Å². The van der Waals surface area contributed by atoms with Gasteiger partial charge in [-0.25, -0.2) is 8.42 Å². The van der Waals surface area contributed by atoms with Crippen molar-refractivity contribution in [3.63, 3.8) is 0 Å². The molecule has 0 spiro atoms. The number of anilines is 2. The predicted octanol–water partition coefficient (Wildman–Crippen LogP) is 1.79. The molecule has 0 bridgehead atoms. The summed E-state index contributed by atoms with van der Waals surface area (Å²) in [5, 5.41) is 2.59. The summed E-state index contributed by atoms with van der Waals surface area (Å²) in [6.45, 7) is 1.14. The highest BCUT2D eigenvalue weighted by Gasteiger charge is 2.30. The van der Waals surface area contributed by atoms with Crippen molar-refractivity contribution in [1.82, 2.24) is 4.31 Å². The molecule has 2 heterocycles. The quantitative estimate of drug-likeness (QED) is 0.775. The number of rotatable bonds is 4. The molecule has 0 aliphatic carbocycles. The number of nitrogen functional groups attached to an aromatic ring is 1. The maximum absolute atomic E-state index is 12.5. The molecule has 3 rings (SSSR count). The fourth-order valence-corrected chi connectivity index (χ4v) is 3.79. The van der Waals surface area contributed by atoms with Crippen molar-refractivity contribution in [3.05, 3.63) is 41.1 Å². The van der Waals surface area contributed by atoms with Crippen molar-refractivity contribution in [1.29, 1.82) is 0 Å². The van der Waals surface area contributed by atoms with E-state index in [4.69, 9.17) is 26.5 Å². The van der Waals surface area contributed by atoms with Crippen molar-refractivity contribution in [2.75, 3.05) is 37.4 Å². The minimum absolute atomic E-state index is 0.125. The van der Waals surface area contributed by atoms with Crippen molar-refractivity contribution < 1.29 is 22.4 Å². The number of furan rings is 1. The lowest BCUT2D eigenvalue weighted by molar-refractivity contribution is 0.0723. The van der Waals surface area contributed by atoms with Gasteiger partial charge in [-0.2, -0.15) is 4.31 Å². The summed E-state index contributed by atoms with van der Waals surface area (Å²) >= 11 is 5.90. The van der Waals surface area contributed by atoms with Gasteiger partial charge in [0.2, 0.25) is 5.09 Å². The second-order valence-electron chi connectivity index (χ2n) is 5.33. The number of halogens is 1. The molecule has 134 valence electrons. The van der Waals surface area contributed by atoms with Crippen LogP contribution in [-0.2, 0) is 14.8 Å². The fourth-order valence-electron chi connectivity index (χ4n) is 2.29. The number of amides is 1. The largest absolute Gasteiger partial charge is 0.438 e. The van der Waals surface area contributed by atoms with Crippen molar-refractivity contribution in [2.24, 2.45) is 0 Å². The van der Waals surface area contributed by atoms with E-state index in [2.05, 4.69) is 5.32 Å². The molecule has 1 aromatic heterocycles. The first kappa shape index (κ1) is 17.7. The van der Waals surface area contributed by atoms with E-state index < -0.39 is 15.9 Å². The highest BCUT2D eigenvalue weighted by molar-refractivity contribution is 7.89. The van der Waals surface area contributed by atoms with E-state index in [1.807, 2.05) is 0 Å². The first-order valence-electron chi connectivity index (χ1n) is 7.42. The zero-order valence-corrected chi connectivity index (χ0v) is 14.6. The molecular formula is C15H16ClN3O5S. The first-order chi connectivity index (χ1) is 11.9. The lowest BCUT2D eigenvalue weighted by Crippen LogP contribution is -2.40. The number of hydrogen-bond donors (Lipinski definition) is 2. The second kappa shape index (κ2) is 7.04. The van der Waals surface area contributed by atoms with Gasteiger partial charge < -0.3 is 20.2 Å². The van der Waals surface area contributed by atoms with E-state index in [-0.39, 0.29) is 23.9 Å². The zero-order chi connectivity index (χ0) is 18.0. The van der Waals surface area contributed by atoms with Crippen LogP contribution in [0.25, 0.3) is 0 Å². The highest BCUT2D eigenvalue weighted by Crippen LogP contribution is 2.24. The topological polar surface area (TPSA) is 115 Å². The van der Waals surface area contributed by atoms with Crippen LogP contribution >= 0.6 is 11.6 Å². The van der Waals surface area contributed by atoms with Crippen LogP contribution in [0.3, 0.4) is 0 Å². The van der Waals surface area contributed by atoms with Crippen LogP contribution in [0.5, 0.6) is 0 Å². The Morgan fingerprint density at radius 1 is 1.20 bits per heavy atom. The molecule has 1 aliphatic rings. The van der Waals surface area contributed by atoms with Gasteiger partial charge in [-0.1, -0.05) is 11.6 Å². The molecule has 1 saturated heterocycles. The Hall–Kier alpha value is -2.07. The lowest BCUT2D eigenvalue weighted by Gasteiger charge is -2.24. The molecule has 0 atom stereocenters. The van der Waals surface area contributed by atoms with Gasteiger partial charge in [0.25, 0.3) is 15.9 Å². The van der Waals surface area contributed by atoms with Crippen LogP contribution in [0.4, 0.5) is 11.4 Å². The molecule has 10 heteroatoms. The Kier molecular flexibility index (Phi) is 5.00. The molecule has 1 amide bonds. The third-order valence-electron chi connectivity index (χ3n) is 3.63. The Morgan fingerprint density at radius 3 is 2.60 bits per heavy atom. The summed E-state index contributed by atoms with van der Waals surface area (Å²) in [5.74, 6) is -0.718. The number of carbonyl (C=O) groups excluding carboxylic acids is 1. The molecule has 2 aromatic rings. The zero-order valence-electron chi connectivity index (χ0n) is 13.1. The van der Waals surface area contributed by atoms with Crippen molar-refractivity contribution in [3.8, 4) is 0 Å². The van der Waals surface area contributed by atoms with Crippen LogP contribution in [0.2, 0.25) is 5.02 Å². The van der Waals surface area contributed by atoms with E-state index in [1.54, 1.807) is 12.1 Å². The Labute approximate surface area is 149 Å². The van der Waals surface area contributed by atoms with Crippen LogP contribution in [0, 0.1) is 0 Å². The molecular weight excluding hydrogens is 370 g/mol. The predicted molar refractivity (Wildman–Crippen MR) is 92.1 cm³/mol. The summed E-state index contributed by atoms with van der Waals surface area (Å²) in [6, 6.07) is 7.18. The summed E-state index contributed by atoms with van der Waals surface area (Å²) in [7, 11) is -3.79. The number of nitrogens with two attached hydrogens (primary N) is 1. The summed E-state index contributed by atoms with van der Waals surface area (Å²) < 4.78 is 36.6. The van der Waals surface area contributed by atoms with Crippen LogP contribution < -0.4 is 11.1 Å². The molecule has 1 aromatic carbocycles. The summed E-state index contributed by atoms with van der Waals surface area (Å²) in [6.07, 6.45) is 0. The number of carbonyl (C=O) groups is 1. The van der Waals surface area contributed by atoms with Gasteiger partial charge in [-0.05, 0) is 30.3 Å². The van der Waals surface area contributed by atoms with Gasteiger partial charge in [0.05, 0.1) is 23.9 Å². The minimum Gasteiger partial charge on any atom is -0.438 e. The smallest absolute Gasteiger partial charge is 0.291 e. The Balaban J connectivity index is 1.76. The molecule has 3 N–H and O–H groups in total. The summed E-state index contributed by atoms with van der Waals surface area (Å²) in [5.41, 5.74) is 6.41. The maximum Gasteiger partial charge on any atom is 0.291 e. The number of benzene rings is 1. The molecule has 25 heavy (non-hydrogen) atoms. The van der Waals surface area contributed by atoms with E-state index >= 15 is 0 Å². The van der Waals surface area contributed by atoms with Gasteiger partial charge in [0, 0.05) is 18.8 Å². The number of hydrogen-bond acceptors (Lipinski definition) is 6. The van der Waals surface area contributed by atoms with E-state index in [0.717, 1.165) is 0 Å². The first-order valence-corrected chi connectivity index (χ1v) is 9.24. The van der Waals surface area contributed by atoms with Gasteiger partial charge in [0.15, 0.2) is 5.76 Å². The third kappa shape index (κ3) is 3.79.